The molecule has 1 aliphatic carbocycles. The predicted octanol–water partition coefficient (Wildman–Crippen LogP) is 1.88. The molecule has 2 aliphatic rings. The SMILES string of the molecule is CC1(F)CCNC1C1CCC1. The zero-order chi connectivity index (χ0) is 7.90. The molecule has 1 nitrogen and oxygen atoms in total. The molecule has 0 radical (unpaired) electrons. The van der Waals surface area contributed by atoms with E-state index in [-0.39, 0.29) is 6.04 Å². The molecule has 2 unspecified atom stereocenters. The van der Waals surface area contributed by atoms with Crippen LogP contribution in [0.5, 0.6) is 0 Å². The van der Waals surface area contributed by atoms with Gasteiger partial charge in [-0.2, -0.15) is 0 Å². The second kappa shape index (κ2) is 2.44. The van der Waals surface area contributed by atoms with Crippen LogP contribution < -0.4 is 5.32 Å². The number of hydrogen-bond acceptors (Lipinski definition) is 1. The fourth-order valence-corrected chi connectivity index (χ4v) is 2.27. The standard InChI is InChI=1S/C9H16FN/c1-9(10)5-6-11-8(9)7-3-2-4-7/h7-8,11H,2-6H2,1H3. The van der Waals surface area contributed by atoms with Gasteiger partial charge in [0.1, 0.15) is 5.67 Å². The van der Waals surface area contributed by atoms with Gasteiger partial charge in [-0.05, 0) is 38.6 Å². The largest absolute Gasteiger partial charge is 0.311 e. The van der Waals surface area contributed by atoms with Crippen LogP contribution in [0.2, 0.25) is 0 Å². The molecule has 2 rings (SSSR count). The Kier molecular flexibility index (Phi) is 1.67. The summed E-state index contributed by atoms with van der Waals surface area (Å²) in [6.07, 6.45) is 4.47. The van der Waals surface area contributed by atoms with Crippen molar-refractivity contribution in [3.63, 3.8) is 0 Å². The van der Waals surface area contributed by atoms with Gasteiger partial charge in [-0.25, -0.2) is 4.39 Å². The first-order valence-corrected chi connectivity index (χ1v) is 4.62. The molecular weight excluding hydrogens is 141 g/mol. The first-order valence-electron chi connectivity index (χ1n) is 4.62. The number of rotatable bonds is 1. The summed E-state index contributed by atoms with van der Waals surface area (Å²) in [5, 5.41) is 3.27. The van der Waals surface area contributed by atoms with E-state index in [9.17, 15) is 4.39 Å². The topological polar surface area (TPSA) is 12.0 Å². The Morgan fingerprint density at radius 3 is 2.55 bits per heavy atom. The number of halogens is 1. The minimum absolute atomic E-state index is 0.163. The fraction of sp³-hybridized carbons (Fsp3) is 1.00. The van der Waals surface area contributed by atoms with Gasteiger partial charge in [0.15, 0.2) is 0 Å². The van der Waals surface area contributed by atoms with E-state index in [1.54, 1.807) is 6.92 Å². The number of nitrogens with one attached hydrogen (secondary N) is 1. The van der Waals surface area contributed by atoms with Crippen LogP contribution in [0.1, 0.15) is 32.6 Å². The van der Waals surface area contributed by atoms with Crippen LogP contribution in [-0.2, 0) is 0 Å². The molecule has 0 aromatic heterocycles. The van der Waals surface area contributed by atoms with Crippen molar-refractivity contribution in [2.45, 2.75) is 44.3 Å². The summed E-state index contributed by atoms with van der Waals surface area (Å²) >= 11 is 0. The lowest BCUT2D eigenvalue weighted by atomic mass is 9.75. The Labute approximate surface area is 67.4 Å². The van der Waals surface area contributed by atoms with Crippen LogP contribution in [0.25, 0.3) is 0 Å². The Balaban J connectivity index is 2.00. The van der Waals surface area contributed by atoms with Gasteiger partial charge in [0.2, 0.25) is 0 Å². The Morgan fingerprint density at radius 2 is 2.18 bits per heavy atom. The maximum Gasteiger partial charge on any atom is 0.124 e. The third-order valence-electron chi connectivity index (χ3n) is 3.25. The summed E-state index contributed by atoms with van der Waals surface area (Å²) < 4.78 is 13.7. The molecule has 0 aromatic carbocycles. The maximum atomic E-state index is 13.7. The van der Waals surface area contributed by atoms with Gasteiger partial charge >= 0.3 is 0 Å². The van der Waals surface area contributed by atoms with Gasteiger partial charge < -0.3 is 5.32 Å². The summed E-state index contributed by atoms with van der Waals surface area (Å²) in [6, 6.07) is 0.163. The molecule has 2 fully saturated rings. The Bertz CT molecular complexity index is 152. The van der Waals surface area contributed by atoms with Gasteiger partial charge in [0.25, 0.3) is 0 Å². The highest BCUT2D eigenvalue weighted by atomic mass is 19.1. The molecule has 1 aliphatic heterocycles. The van der Waals surface area contributed by atoms with Crippen molar-refractivity contribution in [2.24, 2.45) is 5.92 Å². The Morgan fingerprint density at radius 1 is 1.45 bits per heavy atom. The molecule has 1 saturated heterocycles. The van der Waals surface area contributed by atoms with Crippen molar-refractivity contribution < 1.29 is 4.39 Å². The highest BCUT2D eigenvalue weighted by molar-refractivity contribution is 5.00. The molecule has 0 aromatic rings. The highest BCUT2D eigenvalue weighted by Gasteiger charge is 2.44. The lowest BCUT2D eigenvalue weighted by molar-refractivity contribution is 0.0961. The van der Waals surface area contributed by atoms with Crippen molar-refractivity contribution in [3.05, 3.63) is 0 Å². The zero-order valence-corrected chi connectivity index (χ0v) is 7.07. The minimum Gasteiger partial charge on any atom is -0.311 e. The monoisotopic (exact) mass is 157 g/mol. The van der Waals surface area contributed by atoms with Crippen molar-refractivity contribution >= 4 is 0 Å². The molecule has 1 heterocycles. The third-order valence-corrected chi connectivity index (χ3v) is 3.25. The average molecular weight is 157 g/mol. The summed E-state index contributed by atoms with van der Waals surface area (Å²) in [6.45, 7) is 2.62. The van der Waals surface area contributed by atoms with Gasteiger partial charge in [-0.15, -0.1) is 0 Å². The van der Waals surface area contributed by atoms with Crippen molar-refractivity contribution in [1.29, 1.82) is 0 Å². The summed E-state index contributed by atoms with van der Waals surface area (Å²) in [7, 11) is 0. The third kappa shape index (κ3) is 1.18. The Hall–Kier alpha value is -0.110. The predicted molar refractivity (Wildman–Crippen MR) is 43.3 cm³/mol. The second-order valence-corrected chi connectivity index (χ2v) is 4.15. The lowest BCUT2D eigenvalue weighted by Crippen LogP contribution is -2.45. The van der Waals surface area contributed by atoms with E-state index in [1.165, 1.54) is 19.3 Å². The lowest BCUT2D eigenvalue weighted by Gasteiger charge is -2.36. The number of hydrogen-bond donors (Lipinski definition) is 1. The van der Waals surface area contributed by atoms with Crippen LogP contribution in [0.3, 0.4) is 0 Å². The molecular formula is C9H16FN. The van der Waals surface area contributed by atoms with Gasteiger partial charge in [0, 0.05) is 6.04 Å². The maximum absolute atomic E-state index is 13.7. The van der Waals surface area contributed by atoms with Crippen LogP contribution >= 0.6 is 0 Å². The van der Waals surface area contributed by atoms with E-state index in [0.717, 1.165) is 6.54 Å². The van der Waals surface area contributed by atoms with Crippen molar-refractivity contribution in [3.8, 4) is 0 Å². The van der Waals surface area contributed by atoms with Crippen molar-refractivity contribution in [1.82, 2.24) is 5.32 Å². The van der Waals surface area contributed by atoms with Crippen LogP contribution in [0.4, 0.5) is 4.39 Å². The quantitative estimate of drug-likeness (QED) is 0.612. The van der Waals surface area contributed by atoms with Gasteiger partial charge in [-0.3, -0.25) is 0 Å². The molecule has 0 spiro atoms. The summed E-state index contributed by atoms with van der Waals surface area (Å²) in [4.78, 5) is 0. The van der Waals surface area contributed by atoms with E-state index >= 15 is 0 Å². The van der Waals surface area contributed by atoms with Crippen molar-refractivity contribution in [2.75, 3.05) is 6.54 Å². The summed E-state index contributed by atoms with van der Waals surface area (Å²) in [5.41, 5.74) is -0.926. The number of alkyl halides is 1. The van der Waals surface area contributed by atoms with Crippen LogP contribution in [0, 0.1) is 5.92 Å². The van der Waals surface area contributed by atoms with E-state index in [1.807, 2.05) is 0 Å². The molecule has 64 valence electrons. The second-order valence-electron chi connectivity index (χ2n) is 4.15. The molecule has 2 heteroatoms. The fourth-order valence-electron chi connectivity index (χ4n) is 2.27. The van der Waals surface area contributed by atoms with Crippen LogP contribution in [0.15, 0.2) is 0 Å². The molecule has 0 bridgehead atoms. The first-order chi connectivity index (χ1) is 5.20. The van der Waals surface area contributed by atoms with Gasteiger partial charge in [0.05, 0.1) is 0 Å². The highest BCUT2D eigenvalue weighted by Crippen LogP contribution is 2.39. The van der Waals surface area contributed by atoms with E-state index in [2.05, 4.69) is 5.32 Å². The van der Waals surface area contributed by atoms with Crippen LogP contribution in [-0.4, -0.2) is 18.3 Å². The van der Waals surface area contributed by atoms with E-state index in [4.69, 9.17) is 0 Å². The smallest absolute Gasteiger partial charge is 0.124 e. The van der Waals surface area contributed by atoms with E-state index < -0.39 is 5.67 Å². The molecule has 2 atom stereocenters. The molecule has 11 heavy (non-hydrogen) atoms. The molecule has 1 N–H and O–H groups in total. The van der Waals surface area contributed by atoms with E-state index in [0.29, 0.717) is 12.3 Å². The molecule has 0 amide bonds. The first kappa shape index (κ1) is 7.53. The van der Waals surface area contributed by atoms with Gasteiger partial charge in [-0.1, -0.05) is 6.42 Å². The normalized spacial score (nSPS) is 45.8. The summed E-state index contributed by atoms with van der Waals surface area (Å²) in [5.74, 6) is 0.632. The minimum atomic E-state index is -0.926. The molecule has 1 saturated carbocycles. The zero-order valence-electron chi connectivity index (χ0n) is 7.07. The average Bonchev–Trinajstić information content (AvgIpc) is 2.07.